The van der Waals surface area contributed by atoms with E-state index in [-0.39, 0.29) is 31.2 Å². The van der Waals surface area contributed by atoms with Gasteiger partial charge in [-0.2, -0.15) is 17.0 Å². The van der Waals surface area contributed by atoms with Crippen molar-refractivity contribution in [2.45, 2.75) is 26.1 Å². The first-order valence-electron chi connectivity index (χ1n) is 9.34. The van der Waals surface area contributed by atoms with Crippen LogP contribution in [0.3, 0.4) is 0 Å². The van der Waals surface area contributed by atoms with E-state index in [2.05, 4.69) is 9.97 Å². The van der Waals surface area contributed by atoms with E-state index in [1.165, 1.54) is 8.61 Å². The lowest BCUT2D eigenvalue weighted by Gasteiger charge is -2.40. The van der Waals surface area contributed by atoms with Crippen LogP contribution in [0.1, 0.15) is 24.3 Å². The van der Waals surface area contributed by atoms with Crippen molar-refractivity contribution in [2.75, 3.05) is 39.3 Å². The molecule has 2 aromatic heterocycles. The molecule has 2 aromatic rings. The summed E-state index contributed by atoms with van der Waals surface area (Å²) in [5.74, 6) is 0.249. The molecule has 10 nitrogen and oxygen atoms in total. The topological polar surface area (TPSA) is 100 Å². The lowest BCUT2D eigenvalue weighted by atomic mass is 10.3. The second-order valence-electron chi connectivity index (χ2n) is 7.23. The maximum atomic E-state index is 13.0. The number of rotatable bonds is 3. The molecule has 0 spiro atoms. The number of aromatic nitrogens is 3. The first kappa shape index (κ1) is 19.2. The Labute approximate surface area is 163 Å². The summed E-state index contributed by atoms with van der Waals surface area (Å²) in [5, 5.41) is 0. The SMILES string of the molecule is CC1CN(S(=O)(=O)N2CCN(C(=O)c3cn4cccnc4n3)CC2)CC(C)O1. The minimum absolute atomic E-state index is 0.134. The van der Waals surface area contributed by atoms with Crippen molar-refractivity contribution >= 4 is 21.9 Å². The molecule has 152 valence electrons. The highest BCUT2D eigenvalue weighted by molar-refractivity contribution is 7.86. The zero-order valence-electron chi connectivity index (χ0n) is 15.9. The third-order valence-corrected chi connectivity index (χ3v) is 6.99. The van der Waals surface area contributed by atoms with E-state index in [1.807, 2.05) is 13.8 Å². The van der Waals surface area contributed by atoms with Gasteiger partial charge in [0.2, 0.25) is 5.78 Å². The lowest BCUT2D eigenvalue weighted by Crippen LogP contribution is -2.57. The van der Waals surface area contributed by atoms with Crippen molar-refractivity contribution < 1.29 is 17.9 Å². The van der Waals surface area contributed by atoms with Crippen LogP contribution in [-0.4, -0.2) is 93.7 Å². The van der Waals surface area contributed by atoms with E-state index >= 15 is 0 Å². The first-order valence-corrected chi connectivity index (χ1v) is 10.7. The third kappa shape index (κ3) is 3.62. The third-order valence-electron chi connectivity index (χ3n) is 5.02. The van der Waals surface area contributed by atoms with E-state index in [1.54, 1.807) is 34.0 Å². The van der Waals surface area contributed by atoms with Crippen LogP contribution in [0.25, 0.3) is 5.78 Å². The average Bonchev–Trinajstić information content (AvgIpc) is 3.11. The fraction of sp³-hybridized carbons (Fsp3) is 0.588. The van der Waals surface area contributed by atoms with Gasteiger partial charge in [0.1, 0.15) is 5.69 Å². The summed E-state index contributed by atoms with van der Waals surface area (Å²) < 4.78 is 36.2. The van der Waals surface area contributed by atoms with Crippen LogP contribution < -0.4 is 0 Å². The van der Waals surface area contributed by atoms with E-state index in [9.17, 15) is 13.2 Å². The largest absolute Gasteiger partial charge is 0.373 e. The molecule has 1 amide bonds. The van der Waals surface area contributed by atoms with Crippen molar-refractivity contribution in [1.82, 2.24) is 27.9 Å². The highest BCUT2D eigenvalue weighted by Gasteiger charge is 2.37. The maximum Gasteiger partial charge on any atom is 0.282 e. The monoisotopic (exact) mass is 408 g/mol. The minimum atomic E-state index is -3.57. The number of piperazine rings is 1. The molecule has 11 heteroatoms. The zero-order valence-corrected chi connectivity index (χ0v) is 16.7. The van der Waals surface area contributed by atoms with Crippen LogP contribution in [0.5, 0.6) is 0 Å². The standard InChI is InChI=1S/C17H24N6O4S/c1-13-10-23(11-14(2)27-13)28(25,26)22-8-6-20(7-9-22)16(24)15-12-21-5-3-4-18-17(21)19-15/h3-5,12-14H,6-11H2,1-2H3. The maximum absolute atomic E-state index is 13.0. The van der Waals surface area contributed by atoms with Crippen molar-refractivity contribution in [3.8, 4) is 0 Å². The van der Waals surface area contributed by atoms with Gasteiger partial charge in [0.25, 0.3) is 16.1 Å². The van der Waals surface area contributed by atoms with Crippen molar-refractivity contribution in [3.63, 3.8) is 0 Å². The Bertz CT molecular complexity index is 926. The van der Waals surface area contributed by atoms with E-state index in [0.717, 1.165) is 0 Å². The second kappa shape index (κ2) is 7.39. The molecular formula is C17H24N6O4S. The summed E-state index contributed by atoms with van der Waals surface area (Å²) >= 11 is 0. The summed E-state index contributed by atoms with van der Waals surface area (Å²) in [6, 6.07) is 1.76. The fourth-order valence-electron chi connectivity index (χ4n) is 3.70. The number of nitrogens with zero attached hydrogens (tertiary/aromatic N) is 6. The zero-order chi connectivity index (χ0) is 19.9. The Morgan fingerprint density at radius 1 is 1.11 bits per heavy atom. The van der Waals surface area contributed by atoms with E-state index in [0.29, 0.717) is 37.7 Å². The van der Waals surface area contributed by atoms with Gasteiger partial charge in [0.05, 0.1) is 12.2 Å². The highest BCUT2D eigenvalue weighted by atomic mass is 32.2. The Morgan fingerprint density at radius 3 is 2.43 bits per heavy atom. The average molecular weight is 408 g/mol. The predicted molar refractivity (Wildman–Crippen MR) is 101 cm³/mol. The molecular weight excluding hydrogens is 384 g/mol. The molecule has 2 saturated heterocycles. The second-order valence-corrected chi connectivity index (χ2v) is 9.15. The molecule has 0 N–H and O–H groups in total. The number of amides is 1. The fourth-order valence-corrected chi connectivity index (χ4v) is 5.45. The molecule has 2 aliphatic rings. The van der Waals surface area contributed by atoms with Crippen LogP contribution in [0.2, 0.25) is 0 Å². The number of carbonyl (C=O) groups excluding carboxylic acids is 1. The lowest BCUT2D eigenvalue weighted by molar-refractivity contribution is -0.0457. The molecule has 2 unspecified atom stereocenters. The predicted octanol–water partition coefficient (Wildman–Crippen LogP) is -0.159. The van der Waals surface area contributed by atoms with Crippen LogP contribution in [0.15, 0.2) is 24.7 Å². The first-order chi connectivity index (χ1) is 13.3. The van der Waals surface area contributed by atoms with Gasteiger partial charge < -0.3 is 9.64 Å². The molecule has 2 aliphatic heterocycles. The van der Waals surface area contributed by atoms with Gasteiger partial charge in [-0.1, -0.05) is 0 Å². The molecule has 0 saturated carbocycles. The summed E-state index contributed by atoms with van der Waals surface area (Å²) in [6.45, 7) is 5.63. The Morgan fingerprint density at radius 2 is 1.79 bits per heavy atom. The smallest absolute Gasteiger partial charge is 0.282 e. The molecule has 4 heterocycles. The van der Waals surface area contributed by atoms with Crippen LogP contribution >= 0.6 is 0 Å². The number of ether oxygens (including phenoxy) is 1. The van der Waals surface area contributed by atoms with E-state index < -0.39 is 10.2 Å². The van der Waals surface area contributed by atoms with Gasteiger partial charge in [-0.3, -0.25) is 9.20 Å². The molecule has 0 bridgehead atoms. The quantitative estimate of drug-likeness (QED) is 0.700. The Balaban J connectivity index is 1.41. The number of morpholine rings is 1. The molecule has 2 fully saturated rings. The Hall–Kier alpha value is -2.08. The minimum Gasteiger partial charge on any atom is -0.373 e. The normalized spacial score (nSPS) is 25.3. The van der Waals surface area contributed by atoms with Gasteiger partial charge in [-0.15, -0.1) is 0 Å². The number of hydrogen-bond donors (Lipinski definition) is 0. The molecule has 0 radical (unpaired) electrons. The van der Waals surface area contributed by atoms with Gasteiger partial charge in [0.15, 0.2) is 0 Å². The van der Waals surface area contributed by atoms with Crippen LogP contribution in [0.4, 0.5) is 0 Å². The summed E-state index contributed by atoms with van der Waals surface area (Å²) in [7, 11) is -3.57. The molecule has 28 heavy (non-hydrogen) atoms. The number of carbonyl (C=O) groups is 1. The van der Waals surface area contributed by atoms with Crippen molar-refractivity contribution in [2.24, 2.45) is 0 Å². The molecule has 4 rings (SSSR count). The number of imidazole rings is 1. The molecule has 2 atom stereocenters. The van der Waals surface area contributed by atoms with Gasteiger partial charge in [0, 0.05) is 57.9 Å². The summed E-state index contributed by atoms with van der Waals surface area (Å²) in [4.78, 5) is 22.7. The molecule has 0 aromatic carbocycles. The number of hydrogen-bond acceptors (Lipinski definition) is 6. The molecule has 0 aliphatic carbocycles. The summed E-state index contributed by atoms with van der Waals surface area (Å²) in [6.07, 6.45) is 4.77. The highest BCUT2D eigenvalue weighted by Crippen LogP contribution is 2.19. The van der Waals surface area contributed by atoms with Crippen molar-refractivity contribution in [3.05, 3.63) is 30.4 Å². The van der Waals surface area contributed by atoms with Gasteiger partial charge in [-0.05, 0) is 19.9 Å². The van der Waals surface area contributed by atoms with Crippen molar-refractivity contribution in [1.29, 1.82) is 0 Å². The number of fused-ring (bicyclic) bond motifs is 1. The van der Waals surface area contributed by atoms with E-state index in [4.69, 9.17) is 4.74 Å². The Kier molecular flexibility index (Phi) is 5.08. The summed E-state index contributed by atoms with van der Waals surface area (Å²) in [5.41, 5.74) is 0.311. The van der Waals surface area contributed by atoms with Crippen LogP contribution in [0, 0.1) is 0 Å². The van der Waals surface area contributed by atoms with Gasteiger partial charge >= 0.3 is 0 Å². The van der Waals surface area contributed by atoms with Crippen LogP contribution in [-0.2, 0) is 14.9 Å². The van der Waals surface area contributed by atoms with Gasteiger partial charge in [-0.25, -0.2) is 9.97 Å².